The summed E-state index contributed by atoms with van der Waals surface area (Å²) in [6.07, 6.45) is 1.26. The summed E-state index contributed by atoms with van der Waals surface area (Å²) < 4.78 is 10.3. The molecule has 0 aromatic heterocycles. The summed E-state index contributed by atoms with van der Waals surface area (Å²) in [7, 11) is -4.63. The zero-order valence-electron chi connectivity index (χ0n) is 11.8. The van der Waals surface area contributed by atoms with Gasteiger partial charge in [0.25, 0.3) is 0 Å². The van der Waals surface area contributed by atoms with Gasteiger partial charge in [0.2, 0.25) is 5.91 Å². The van der Waals surface area contributed by atoms with Crippen molar-refractivity contribution in [2.75, 3.05) is 11.9 Å². The molecule has 1 rings (SSSR count). The fourth-order valence-corrected chi connectivity index (χ4v) is 1.80. The minimum atomic E-state index is -4.63. The van der Waals surface area contributed by atoms with E-state index in [4.69, 9.17) is 0 Å². The summed E-state index contributed by atoms with van der Waals surface area (Å²) in [5.41, 5.74) is 0.726. The third kappa shape index (κ3) is 13.7. The summed E-state index contributed by atoms with van der Waals surface area (Å²) in [6, 6.07) is 9.06. The van der Waals surface area contributed by atoms with E-state index < -0.39 is 7.75 Å². The maximum atomic E-state index is 11.5. The summed E-state index contributed by atoms with van der Waals surface area (Å²) in [5.74, 6) is -0.131. The van der Waals surface area contributed by atoms with Gasteiger partial charge in [0, 0.05) is 12.1 Å². The van der Waals surface area contributed by atoms with E-state index in [0.29, 0.717) is 19.3 Å². The molecule has 0 spiro atoms. The number of hydrogen-bond acceptors (Lipinski definition) is 4. The van der Waals surface area contributed by atoms with Gasteiger partial charge >= 0.3 is 103 Å². The van der Waals surface area contributed by atoms with Crippen LogP contribution in [0.25, 0.3) is 0 Å². The molecule has 0 fully saturated rings. The second-order valence-electron chi connectivity index (χ2n) is 3.78. The van der Waals surface area contributed by atoms with Gasteiger partial charge in [0.1, 0.15) is 0 Å². The maximum absolute atomic E-state index is 11.5. The van der Waals surface area contributed by atoms with Crippen LogP contribution in [0, 0.1) is 0 Å². The molecule has 0 heterocycles. The molecule has 0 aliphatic heterocycles. The van der Waals surface area contributed by atoms with Crippen LogP contribution in [0.15, 0.2) is 30.3 Å². The molecule has 1 amide bonds. The Morgan fingerprint density at radius 3 is 2.25 bits per heavy atom. The van der Waals surface area contributed by atoms with E-state index in [2.05, 4.69) is 5.32 Å². The van der Waals surface area contributed by atoms with Gasteiger partial charge in [0.05, 0.1) is 0 Å². The Morgan fingerprint density at radius 1 is 1.10 bits per heavy atom. The van der Waals surface area contributed by atoms with Crippen LogP contribution >= 0.6 is 7.75 Å². The Bertz CT molecular complexity index is 428. The molecule has 0 aliphatic rings. The summed E-state index contributed by atoms with van der Waals surface area (Å²) >= 11 is 0. The van der Waals surface area contributed by atoms with Gasteiger partial charge < -0.3 is 19.7 Å². The summed E-state index contributed by atoms with van der Waals surface area (Å²) in [4.78, 5) is 32.0. The van der Waals surface area contributed by atoms with Crippen molar-refractivity contribution in [3.63, 3.8) is 0 Å². The second kappa shape index (κ2) is 13.5. The van der Waals surface area contributed by atoms with Crippen molar-refractivity contribution in [1.29, 1.82) is 0 Å². The molecule has 0 unspecified atom stereocenters. The van der Waals surface area contributed by atoms with Gasteiger partial charge in [-0.25, -0.2) is 0 Å². The Balaban J connectivity index is 0. The molecule has 0 saturated carbocycles. The second-order valence-corrected chi connectivity index (χ2v) is 5.09. The van der Waals surface area contributed by atoms with Crippen LogP contribution in [-0.4, -0.2) is 12.5 Å². The summed E-state index contributed by atoms with van der Waals surface area (Å²) in [6.45, 7) is 0.0723. The smallest absolute Gasteiger partial charge is 0.799 e. The predicted octanol–water partition coefficient (Wildman–Crippen LogP) is -5.78. The number of para-hydroxylation sites is 1. The average molecular weight is 348 g/mol. The van der Waals surface area contributed by atoms with Gasteiger partial charge in [-0.1, -0.05) is 18.2 Å². The molecular weight excluding hydrogens is 333 g/mol. The minimum Gasteiger partial charge on any atom is -0.799 e. The molecule has 9 heteroatoms. The van der Waals surface area contributed by atoms with Crippen molar-refractivity contribution in [1.82, 2.24) is 5.09 Å². The largest absolute Gasteiger partial charge is 1.00 e. The van der Waals surface area contributed by atoms with Crippen LogP contribution in [0.5, 0.6) is 0 Å². The van der Waals surface area contributed by atoms with Crippen LogP contribution in [0.3, 0.4) is 0 Å². The van der Waals surface area contributed by atoms with Crippen LogP contribution in [-0.2, 0) is 9.36 Å². The zero-order chi connectivity index (χ0) is 13.4. The van der Waals surface area contributed by atoms with Crippen molar-refractivity contribution < 1.29 is 122 Å². The topological polar surface area (TPSA) is 104 Å². The van der Waals surface area contributed by atoms with Crippen molar-refractivity contribution in [3.05, 3.63) is 30.3 Å². The van der Waals surface area contributed by atoms with Crippen molar-refractivity contribution in [2.45, 2.75) is 19.3 Å². The molecule has 100 valence electrons. The standard InChI is InChI=1S/C11H17N2O4P.2K/c14-11(13-10-6-2-1-3-7-10)8-4-5-9-12-18(15,16)17;;/h1-3,6-7H,4-5,8-9H2,(H,13,14)(H3,12,15,16,17);;/q;2*+1/p-2. The van der Waals surface area contributed by atoms with E-state index in [0.717, 1.165) is 5.69 Å². The molecule has 2 N–H and O–H groups in total. The van der Waals surface area contributed by atoms with Gasteiger partial charge in [0.15, 0.2) is 0 Å². The van der Waals surface area contributed by atoms with Gasteiger partial charge in [-0.3, -0.25) is 9.88 Å². The number of carbonyl (C=O) groups excluding carboxylic acids is 1. The third-order valence-corrected chi connectivity index (χ3v) is 2.80. The normalized spacial score (nSPS) is 10.1. The average Bonchev–Trinajstić information content (AvgIpc) is 2.28. The Hall–Kier alpha value is 2.07. The molecule has 1 aromatic rings. The molecular formula is C11H15K2N2O4P. The first kappa shape index (κ1) is 24.3. The van der Waals surface area contributed by atoms with Gasteiger partial charge in [-0.2, -0.15) is 0 Å². The Labute approximate surface area is 203 Å². The van der Waals surface area contributed by atoms with Gasteiger partial charge in [-0.05, 0) is 39.3 Å². The Kier molecular flexibility index (Phi) is 16.4. The van der Waals surface area contributed by atoms with Crippen LogP contribution in [0.4, 0.5) is 5.69 Å². The monoisotopic (exact) mass is 348 g/mol. The molecule has 1 aromatic carbocycles. The number of rotatable bonds is 7. The first-order valence-corrected chi connectivity index (χ1v) is 7.14. The molecule has 6 nitrogen and oxygen atoms in total. The van der Waals surface area contributed by atoms with Crippen LogP contribution in [0.2, 0.25) is 0 Å². The number of amides is 1. The molecule has 0 aliphatic carbocycles. The van der Waals surface area contributed by atoms with E-state index in [1.165, 1.54) is 0 Å². The summed E-state index contributed by atoms with van der Waals surface area (Å²) in [5, 5.41) is 4.57. The number of anilines is 1. The zero-order valence-corrected chi connectivity index (χ0v) is 18.9. The van der Waals surface area contributed by atoms with E-state index in [9.17, 15) is 19.1 Å². The molecule has 0 radical (unpaired) electrons. The van der Waals surface area contributed by atoms with E-state index >= 15 is 0 Å². The first-order chi connectivity index (χ1) is 8.47. The minimum absolute atomic E-state index is 0. The van der Waals surface area contributed by atoms with Crippen LogP contribution < -0.4 is 123 Å². The number of carbonyl (C=O) groups is 1. The fourth-order valence-electron chi connectivity index (χ4n) is 1.37. The molecule has 0 bridgehead atoms. The Morgan fingerprint density at radius 2 is 1.70 bits per heavy atom. The van der Waals surface area contributed by atoms with E-state index in [1.807, 2.05) is 23.3 Å². The molecule has 20 heavy (non-hydrogen) atoms. The van der Waals surface area contributed by atoms with Crippen molar-refractivity contribution in [2.24, 2.45) is 0 Å². The van der Waals surface area contributed by atoms with E-state index in [-0.39, 0.29) is 115 Å². The fraction of sp³-hybridized carbons (Fsp3) is 0.364. The van der Waals surface area contributed by atoms with Gasteiger partial charge in [-0.15, -0.1) is 0 Å². The number of hydrogen-bond donors (Lipinski definition) is 2. The first-order valence-electron chi connectivity index (χ1n) is 5.59. The third-order valence-electron chi connectivity index (χ3n) is 2.19. The SMILES string of the molecule is O=C(CCCCNP(=O)([O-])[O-])Nc1ccccc1.[K+].[K+]. The predicted molar refractivity (Wildman–Crippen MR) is 64.5 cm³/mol. The quantitative estimate of drug-likeness (QED) is 0.290. The van der Waals surface area contributed by atoms with Crippen molar-refractivity contribution in [3.8, 4) is 0 Å². The maximum Gasteiger partial charge on any atom is 1.00 e. The number of unbranched alkanes of at least 4 members (excludes halogenated alkanes) is 1. The van der Waals surface area contributed by atoms with Crippen molar-refractivity contribution >= 4 is 19.3 Å². The number of nitrogens with one attached hydrogen (secondary N) is 2. The molecule has 0 atom stereocenters. The van der Waals surface area contributed by atoms with E-state index in [1.54, 1.807) is 12.1 Å². The number of benzene rings is 1. The molecule has 0 saturated heterocycles. The van der Waals surface area contributed by atoms with Crippen LogP contribution in [0.1, 0.15) is 19.3 Å².